The van der Waals surface area contributed by atoms with Crippen molar-refractivity contribution in [2.45, 2.75) is 0 Å². The topological polar surface area (TPSA) is 50.4 Å². The molecule has 4 nitrogen and oxygen atoms in total. The predicted molar refractivity (Wildman–Crippen MR) is 73.6 cm³/mol. The average Bonchev–Trinajstić information content (AvgIpc) is 2.26. The Bertz CT molecular complexity index is 380. The molecule has 0 saturated carbocycles. The lowest BCUT2D eigenvalue weighted by Gasteiger charge is -2.27. The second-order valence-corrected chi connectivity index (χ2v) is 4.51. The number of rotatable bonds is 5. The lowest BCUT2D eigenvalue weighted by Crippen LogP contribution is -2.48. The first-order valence-corrected chi connectivity index (χ1v) is 5.97. The number of amides is 1. The Labute approximate surface area is 117 Å². The van der Waals surface area contributed by atoms with E-state index in [2.05, 4.69) is 10.6 Å². The number of hydrogen-bond acceptors (Lipinski definition) is 3. The average molecular weight is 291 g/mol. The van der Waals surface area contributed by atoms with Gasteiger partial charge in [-0.05, 0) is 24.3 Å². The van der Waals surface area contributed by atoms with E-state index in [1.165, 1.54) is 0 Å². The first-order valence-electron chi connectivity index (χ1n) is 5.60. The molecular weight excluding hydrogens is 275 g/mol. The molecule has 0 atom stereocenters. The van der Waals surface area contributed by atoms with Crippen LogP contribution in [0.2, 0.25) is 5.02 Å². The summed E-state index contributed by atoms with van der Waals surface area (Å²) in [5.41, 5.74) is 0. The standard InChI is InChI=1S/C12H15ClN2O2.ClH/c13-10-1-3-11(4-2-10)17-8-12(16)15-7-9-5-14-6-9;/h1-4,9,14H,5-8H2,(H,15,16);1H. The lowest BCUT2D eigenvalue weighted by molar-refractivity contribution is -0.123. The van der Waals surface area contributed by atoms with Crippen LogP contribution < -0.4 is 15.4 Å². The van der Waals surface area contributed by atoms with Crippen LogP contribution in [0.15, 0.2) is 24.3 Å². The summed E-state index contributed by atoms with van der Waals surface area (Å²) in [7, 11) is 0. The summed E-state index contributed by atoms with van der Waals surface area (Å²) in [6.45, 7) is 2.73. The second kappa shape index (κ2) is 7.46. The normalized spacial score (nSPS) is 14.3. The molecule has 18 heavy (non-hydrogen) atoms. The van der Waals surface area contributed by atoms with Crippen LogP contribution in [-0.2, 0) is 4.79 Å². The summed E-state index contributed by atoms with van der Waals surface area (Å²) >= 11 is 5.74. The molecule has 1 aliphatic rings. The van der Waals surface area contributed by atoms with Crippen molar-refractivity contribution in [3.8, 4) is 5.75 Å². The summed E-state index contributed by atoms with van der Waals surface area (Å²) in [5.74, 6) is 1.12. The molecule has 0 spiro atoms. The fraction of sp³-hybridized carbons (Fsp3) is 0.417. The Morgan fingerprint density at radius 1 is 1.39 bits per heavy atom. The second-order valence-electron chi connectivity index (χ2n) is 4.07. The summed E-state index contributed by atoms with van der Waals surface area (Å²) in [6, 6.07) is 6.95. The summed E-state index contributed by atoms with van der Waals surface area (Å²) in [6.07, 6.45) is 0. The number of hydrogen-bond donors (Lipinski definition) is 2. The number of nitrogens with one attached hydrogen (secondary N) is 2. The first-order chi connectivity index (χ1) is 8.24. The van der Waals surface area contributed by atoms with Gasteiger partial charge in [0.15, 0.2) is 6.61 Å². The smallest absolute Gasteiger partial charge is 0.257 e. The molecule has 1 aliphatic heterocycles. The molecule has 1 fully saturated rings. The van der Waals surface area contributed by atoms with Crippen LogP contribution in [0.4, 0.5) is 0 Å². The molecular formula is C12H16Cl2N2O2. The third kappa shape index (κ3) is 4.72. The molecule has 0 unspecified atom stereocenters. The van der Waals surface area contributed by atoms with Gasteiger partial charge in [-0.2, -0.15) is 0 Å². The molecule has 1 amide bonds. The van der Waals surface area contributed by atoms with E-state index >= 15 is 0 Å². The highest BCUT2D eigenvalue weighted by Gasteiger charge is 2.17. The zero-order valence-electron chi connectivity index (χ0n) is 9.82. The van der Waals surface area contributed by atoms with E-state index in [4.69, 9.17) is 16.3 Å². The van der Waals surface area contributed by atoms with Crippen molar-refractivity contribution >= 4 is 29.9 Å². The van der Waals surface area contributed by atoms with Gasteiger partial charge in [-0.1, -0.05) is 11.6 Å². The van der Waals surface area contributed by atoms with E-state index in [1.54, 1.807) is 24.3 Å². The molecule has 0 aromatic heterocycles. The van der Waals surface area contributed by atoms with Crippen molar-refractivity contribution in [2.75, 3.05) is 26.2 Å². The Balaban J connectivity index is 0.00000162. The maximum absolute atomic E-state index is 11.4. The zero-order chi connectivity index (χ0) is 12.1. The molecule has 1 aromatic carbocycles. The van der Waals surface area contributed by atoms with E-state index in [1.807, 2.05) is 0 Å². The van der Waals surface area contributed by atoms with Gasteiger partial charge in [-0.25, -0.2) is 0 Å². The minimum absolute atomic E-state index is 0. The number of carbonyl (C=O) groups is 1. The first kappa shape index (κ1) is 15.1. The molecule has 2 rings (SSSR count). The van der Waals surface area contributed by atoms with Gasteiger partial charge in [-0.15, -0.1) is 12.4 Å². The van der Waals surface area contributed by atoms with Crippen LogP contribution >= 0.6 is 24.0 Å². The highest BCUT2D eigenvalue weighted by Crippen LogP contribution is 2.15. The Morgan fingerprint density at radius 3 is 2.61 bits per heavy atom. The van der Waals surface area contributed by atoms with Crippen molar-refractivity contribution in [2.24, 2.45) is 5.92 Å². The molecule has 100 valence electrons. The molecule has 1 aromatic rings. The zero-order valence-corrected chi connectivity index (χ0v) is 11.4. The summed E-state index contributed by atoms with van der Waals surface area (Å²) in [4.78, 5) is 11.4. The van der Waals surface area contributed by atoms with Crippen LogP contribution in [0.5, 0.6) is 5.75 Å². The van der Waals surface area contributed by atoms with Crippen molar-refractivity contribution in [1.29, 1.82) is 0 Å². The molecule has 1 heterocycles. The van der Waals surface area contributed by atoms with Gasteiger partial charge >= 0.3 is 0 Å². The fourth-order valence-electron chi connectivity index (χ4n) is 1.48. The molecule has 1 saturated heterocycles. The minimum Gasteiger partial charge on any atom is -0.484 e. The lowest BCUT2D eigenvalue weighted by atomic mass is 10.0. The van der Waals surface area contributed by atoms with Crippen molar-refractivity contribution in [1.82, 2.24) is 10.6 Å². The van der Waals surface area contributed by atoms with Crippen molar-refractivity contribution < 1.29 is 9.53 Å². The third-order valence-electron chi connectivity index (χ3n) is 2.64. The van der Waals surface area contributed by atoms with Gasteiger partial charge in [0.25, 0.3) is 5.91 Å². The largest absolute Gasteiger partial charge is 0.484 e. The van der Waals surface area contributed by atoms with Gasteiger partial charge in [0.1, 0.15) is 5.75 Å². The fourth-order valence-corrected chi connectivity index (χ4v) is 1.61. The van der Waals surface area contributed by atoms with Crippen LogP contribution in [-0.4, -0.2) is 32.1 Å². The summed E-state index contributed by atoms with van der Waals surface area (Å²) < 4.78 is 5.32. The number of carbonyl (C=O) groups excluding carboxylic acids is 1. The SMILES string of the molecule is Cl.O=C(COc1ccc(Cl)cc1)NCC1CNC1. The van der Waals surface area contributed by atoms with E-state index in [0.717, 1.165) is 19.6 Å². The van der Waals surface area contributed by atoms with Crippen LogP contribution in [0.3, 0.4) is 0 Å². The third-order valence-corrected chi connectivity index (χ3v) is 2.89. The maximum Gasteiger partial charge on any atom is 0.257 e. The van der Waals surface area contributed by atoms with E-state index in [-0.39, 0.29) is 24.9 Å². The highest BCUT2D eigenvalue weighted by atomic mass is 35.5. The Hall–Kier alpha value is -0.970. The van der Waals surface area contributed by atoms with Gasteiger partial charge in [0.05, 0.1) is 0 Å². The molecule has 0 aliphatic carbocycles. The quantitative estimate of drug-likeness (QED) is 0.864. The van der Waals surface area contributed by atoms with Crippen LogP contribution in [0.25, 0.3) is 0 Å². The van der Waals surface area contributed by atoms with Gasteiger partial charge in [0.2, 0.25) is 0 Å². The molecule has 0 bridgehead atoms. The van der Waals surface area contributed by atoms with Gasteiger partial charge in [-0.3, -0.25) is 4.79 Å². The number of ether oxygens (including phenoxy) is 1. The Kier molecular flexibility index (Phi) is 6.25. The molecule has 2 N–H and O–H groups in total. The van der Waals surface area contributed by atoms with E-state index < -0.39 is 0 Å². The van der Waals surface area contributed by atoms with Crippen LogP contribution in [0.1, 0.15) is 0 Å². The number of halogens is 2. The van der Waals surface area contributed by atoms with Crippen molar-refractivity contribution in [3.63, 3.8) is 0 Å². The maximum atomic E-state index is 11.4. The Morgan fingerprint density at radius 2 is 2.06 bits per heavy atom. The van der Waals surface area contributed by atoms with Gasteiger partial charge < -0.3 is 15.4 Å². The minimum atomic E-state index is -0.0909. The molecule has 6 heteroatoms. The van der Waals surface area contributed by atoms with E-state index in [9.17, 15) is 4.79 Å². The predicted octanol–water partition coefficient (Wildman–Crippen LogP) is 1.48. The monoisotopic (exact) mass is 290 g/mol. The molecule has 0 radical (unpaired) electrons. The number of benzene rings is 1. The summed E-state index contributed by atoms with van der Waals surface area (Å²) in [5, 5.41) is 6.64. The van der Waals surface area contributed by atoms with Crippen molar-refractivity contribution in [3.05, 3.63) is 29.3 Å². The van der Waals surface area contributed by atoms with E-state index in [0.29, 0.717) is 16.7 Å². The highest BCUT2D eigenvalue weighted by molar-refractivity contribution is 6.30. The van der Waals surface area contributed by atoms with Crippen LogP contribution in [0, 0.1) is 5.92 Å². The van der Waals surface area contributed by atoms with Gasteiger partial charge in [0, 0.05) is 30.6 Å².